The first-order chi connectivity index (χ1) is 7.74. The van der Waals surface area contributed by atoms with Crippen LogP contribution < -0.4 is 4.74 Å². The van der Waals surface area contributed by atoms with E-state index in [1.165, 1.54) is 22.6 Å². The molecule has 1 rings (SSSR count). The van der Waals surface area contributed by atoms with Crippen molar-refractivity contribution in [2.45, 2.75) is 12.8 Å². The van der Waals surface area contributed by atoms with E-state index in [9.17, 15) is 26.7 Å². The van der Waals surface area contributed by atoms with Gasteiger partial charge in [0.2, 0.25) is 0 Å². The number of alkyl halides is 5. The van der Waals surface area contributed by atoms with Crippen molar-refractivity contribution in [2.75, 3.05) is 0 Å². The molecule has 0 aliphatic carbocycles. The van der Waals surface area contributed by atoms with Gasteiger partial charge in [0.25, 0.3) is 6.43 Å². The molecule has 1 heterocycles. The number of carbonyl (C=O) groups is 1. The van der Waals surface area contributed by atoms with Gasteiger partial charge in [-0.05, 0) is 28.7 Å². The van der Waals surface area contributed by atoms with Gasteiger partial charge < -0.3 is 4.74 Å². The van der Waals surface area contributed by atoms with Gasteiger partial charge in [0.05, 0.1) is 5.56 Å². The predicted octanol–water partition coefficient (Wildman–Crippen LogP) is 3.33. The summed E-state index contributed by atoms with van der Waals surface area (Å²) in [6, 6.07) is 0.455. The highest BCUT2D eigenvalue weighted by atomic mass is 127. The van der Waals surface area contributed by atoms with E-state index in [1.807, 2.05) is 0 Å². The Balaban J connectivity index is 3.26. The van der Waals surface area contributed by atoms with Gasteiger partial charge in [-0.25, -0.2) is 13.8 Å². The second-order valence-electron chi connectivity index (χ2n) is 2.72. The fourth-order valence-corrected chi connectivity index (χ4v) is 1.59. The van der Waals surface area contributed by atoms with Crippen LogP contribution in [0, 0.1) is 3.70 Å². The van der Waals surface area contributed by atoms with Crippen molar-refractivity contribution < 1.29 is 31.5 Å². The van der Waals surface area contributed by atoms with E-state index < -0.39 is 29.8 Å². The molecule has 0 aliphatic rings. The van der Waals surface area contributed by atoms with E-state index >= 15 is 0 Å². The van der Waals surface area contributed by atoms with Crippen LogP contribution in [0.25, 0.3) is 0 Å². The average Bonchev–Trinajstić information content (AvgIpc) is 2.17. The maximum absolute atomic E-state index is 12.4. The lowest BCUT2D eigenvalue weighted by Crippen LogP contribution is -2.19. The molecule has 0 radical (unpaired) electrons. The lowest BCUT2D eigenvalue weighted by molar-refractivity contribution is -0.274. The summed E-state index contributed by atoms with van der Waals surface area (Å²) in [5.41, 5.74) is -1.41. The summed E-state index contributed by atoms with van der Waals surface area (Å²) >= 11 is 1.39. The van der Waals surface area contributed by atoms with Crippen LogP contribution in [-0.2, 0) is 0 Å². The molecule has 0 saturated heterocycles. The lowest BCUT2D eigenvalue weighted by atomic mass is 10.2. The molecular weight excluding hydrogens is 364 g/mol. The molecule has 0 saturated carbocycles. The van der Waals surface area contributed by atoms with Crippen molar-refractivity contribution >= 4 is 28.9 Å². The van der Waals surface area contributed by atoms with E-state index in [2.05, 4.69) is 9.72 Å². The highest BCUT2D eigenvalue weighted by Crippen LogP contribution is 2.31. The molecule has 0 unspecified atom stereocenters. The van der Waals surface area contributed by atoms with Gasteiger partial charge >= 0.3 is 6.36 Å². The Morgan fingerprint density at radius 2 is 2.00 bits per heavy atom. The van der Waals surface area contributed by atoms with Crippen molar-refractivity contribution in [2.24, 2.45) is 0 Å². The van der Waals surface area contributed by atoms with E-state index in [0.717, 1.165) is 0 Å². The Morgan fingerprint density at radius 1 is 1.41 bits per heavy atom. The third-order valence-electron chi connectivity index (χ3n) is 1.57. The zero-order valence-electron chi connectivity index (χ0n) is 7.76. The first-order valence-corrected chi connectivity index (χ1v) is 5.02. The van der Waals surface area contributed by atoms with Crippen LogP contribution in [0.3, 0.4) is 0 Å². The summed E-state index contributed by atoms with van der Waals surface area (Å²) in [6.45, 7) is 0. The molecule has 17 heavy (non-hydrogen) atoms. The summed E-state index contributed by atoms with van der Waals surface area (Å²) in [5, 5.41) is 0. The van der Waals surface area contributed by atoms with E-state index in [0.29, 0.717) is 6.07 Å². The van der Waals surface area contributed by atoms with E-state index in [1.54, 1.807) is 0 Å². The number of rotatable bonds is 3. The van der Waals surface area contributed by atoms with Crippen LogP contribution in [0.5, 0.6) is 5.75 Å². The summed E-state index contributed by atoms with van der Waals surface area (Å²) in [7, 11) is 0. The SMILES string of the molecule is O=Cc1nc(I)c(C(F)F)cc1OC(F)(F)F. The number of hydrogen-bond acceptors (Lipinski definition) is 3. The van der Waals surface area contributed by atoms with Crippen molar-refractivity contribution in [3.8, 4) is 5.75 Å². The third kappa shape index (κ3) is 3.75. The Labute approximate surface area is 105 Å². The number of halogens is 6. The van der Waals surface area contributed by atoms with Crippen molar-refractivity contribution in [1.29, 1.82) is 0 Å². The minimum absolute atomic E-state index is 0.00150. The summed E-state index contributed by atoms with van der Waals surface area (Å²) in [4.78, 5) is 13.8. The minimum Gasteiger partial charge on any atom is -0.403 e. The van der Waals surface area contributed by atoms with Crippen LogP contribution >= 0.6 is 22.6 Å². The molecule has 0 N–H and O–H groups in total. The number of aldehydes is 1. The highest BCUT2D eigenvalue weighted by molar-refractivity contribution is 14.1. The first kappa shape index (κ1) is 14.1. The van der Waals surface area contributed by atoms with Crippen LogP contribution in [0.1, 0.15) is 22.5 Å². The molecule has 0 aliphatic heterocycles. The molecule has 0 amide bonds. The molecule has 3 nitrogen and oxygen atoms in total. The van der Waals surface area contributed by atoms with Crippen LogP contribution in [-0.4, -0.2) is 17.6 Å². The minimum atomic E-state index is -5.08. The number of hydrogen-bond donors (Lipinski definition) is 0. The van der Waals surface area contributed by atoms with Crippen LogP contribution in [0.4, 0.5) is 22.0 Å². The molecule has 0 aromatic carbocycles. The maximum Gasteiger partial charge on any atom is 0.573 e. The normalized spacial score (nSPS) is 11.7. The van der Waals surface area contributed by atoms with E-state index in [-0.39, 0.29) is 9.99 Å². The quantitative estimate of drug-likeness (QED) is 0.356. The smallest absolute Gasteiger partial charge is 0.403 e. The number of nitrogens with zero attached hydrogens (tertiary/aromatic N) is 1. The van der Waals surface area contributed by atoms with Crippen molar-refractivity contribution in [3.63, 3.8) is 0 Å². The molecule has 0 bridgehead atoms. The topological polar surface area (TPSA) is 39.2 Å². The lowest BCUT2D eigenvalue weighted by Gasteiger charge is -2.12. The van der Waals surface area contributed by atoms with Crippen LogP contribution in [0.2, 0.25) is 0 Å². The first-order valence-electron chi connectivity index (χ1n) is 3.94. The Morgan fingerprint density at radius 3 is 2.41 bits per heavy atom. The largest absolute Gasteiger partial charge is 0.573 e. The second-order valence-corrected chi connectivity index (χ2v) is 3.74. The van der Waals surface area contributed by atoms with Crippen LogP contribution in [0.15, 0.2) is 6.07 Å². The molecule has 1 aromatic heterocycles. The fraction of sp³-hybridized carbons (Fsp3) is 0.250. The zero-order chi connectivity index (χ0) is 13.2. The maximum atomic E-state index is 12.4. The second kappa shape index (κ2) is 5.10. The van der Waals surface area contributed by atoms with Crippen molar-refractivity contribution in [1.82, 2.24) is 4.98 Å². The predicted molar refractivity (Wildman–Crippen MR) is 54.0 cm³/mol. The molecule has 1 aromatic rings. The number of pyridine rings is 1. The highest BCUT2D eigenvalue weighted by Gasteiger charge is 2.33. The molecule has 9 heteroatoms. The van der Waals surface area contributed by atoms with Gasteiger partial charge in [-0.15, -0.1) is 13.2 Å². The summed E-state index contributed by atoms with van der Waals surface area (Å²) in [5.74, 6) is -1.04. The zero-order valence-corrected chi connectivity index (χ0v) is 9.92. The summed E-state index contributed by atoms with van der Waals surface area (Å²) < 4.78 is 63.8. The van der Waals surface area contributed by atoms with Gasteiger partial charge in [0.15, 0.2) is 12.0 Å². The van der Waals surface area contributed by atoms with Gasteiger partial charge in [-0.2, -0.15) is 0 Å². The van der Waals surface area contributed by atoms with Gasteiger partial charge in [0, 0.05) is 0 Å². The Kier molecular flexibility index (Phi) is 4.22. The molecule has 0 atom stereocenters. The Hall–Kier alpha value is -1.00. The molecule has 0 spiro atoms. The monoisotopic (exact) mass is 367 g/mol. The number of carbonyl (C=O) groups excluding carboxylic acids is 1. The van der Waals surface area contributed by atoms with Gasteiger partial charge in [-0.3, -0.25) is 4.79 Å². The van der Waals surface area contributed by atoms with Crippen molar-refractivity contribution in [3.05, 3.63) is 21.0 Å². The Bertz CT molecular complexity index is 435. The average molecular weight is 367 g/mol. The number of ether oxygens (including phenoxy) is 1. The third-order valence-corrected chi connectivity index (χ3v) is 2.43. The fourth-order valence-electron chi connectivity index (χ4n) is 0.944. The molecule has 0 fully saturated rings. The standard InChI is InChI=1S/C8H3F5INO2/c9-6(10)3-1-5(17-8(11,12)13)4(2-16)15-7(3)14/h1-2,6H. The molecule has 94 valence electrons. The van der Waals surface area contributed by atoms with E-state index in [4.69, 9.17) is 0 Å². The molecular formula is C8H3F5INO2. The van der Waals surface area contributed by atoms with Gasteiger partial charge in [0.1, 0.15) is 9.39 Å². The summed E-state index contributed by atoms with van der Waals surface area (Å²) in [6.07, 6.45) is -8.09. The number of aromatic nitrogens is 1. The van der Waals surface area contributed by atoms with Gasteiger partial charge in [-0.1, -0.05) is 0 Å².